The number of anilines is 1. The topological polar surface area (TPSA) is 27.0 Å². The van der Waals surface area contributed by atoms with Crippen molar-refractivity contribution in [1.82, 2.24) is 0 Å². The van der Waals surface area contributed by atoms with Gasteiger partial charge in [-0.25, -0.2) is 0 Å². The Morgan fingerprint density at radius 1 is 1.36 bits per heavy atom. The van der Waals surface area contributed by atoms with Crippen molar-refractivity contribution in [3.8, 4) is 16.5 Å². The van der Waals surface area contributed by atoms with Crippen LogP contribution in [-0.4, -0.2) is 13.1 Å². The van der Waals surface area contributed by atoms with E-state index in [4.69, 9.17) is 5.26 Å². The van der Waals surface area contributed by atoms with Crippen molar-refractivity contribution in [2.24, 2.45) is 0 Å². The Morgan fingerprint density at radius 3 is 3.00 bits per heavy atom. The second-order valence-electron chi connectivity index (χ2n) is 5.67. The van der Waals surface area contributed by atoms with Gasteiger partial charge in [0.1, 0.15) is 0 Å². The van der Waals surface area contributed by atoms with Gasteiger partial charge in [0.2, 0.25) is 0 Å². The van der Waals surface area contributed by atoms with Gasteiger partial charge in [0.05, 0.1) is 6.07 Å². The molecule has 0 spiro atoms. The Bertz CT molecular complexity index is 749. The SMILES string of the molecule is CCN1CCCc2cc(-c3ccc(/C=C(/C)C#N)s3)ccc21. The highest BCUT2D eigenvalue weighted by Crippen LogP contribution is 2.34. The van der Waals surface area contributed by atoms with Crippen LogP contribution in [0.3, 0.4) is 0 Å². The van der Waals surface area contributed by atoms with Crippen molar-refractivity contribution in [3.63, 3.8) is 0 Å². The molecule has 0 N–H and O–H groups in total. The fourth-order valence-electron chi connectivity index (χ4n) is 2.99. The second-order valence-corrected chi connectivity index (χ2v) is 6.78. The zero-order valence-electron chi connectivity index (χ0n) is 13.1. The Morgan fingerprint density at radius 2 is 2.23 bits per heavy atom. The third-order valence-corrected chi connectivity index (χ3v) is 5.20. The quantitative estimate of drug-likeness (QED) is 0.736. The zero-order chi connectivity index (χ0) is 15.5. The molecule has 0 radical (unpaired) electrons. The number of benzene rings is 1. The standard InChI is InChI=1S/C19H20N2S/c1-3-21-10-4-5-15-12-16(6-8-18(15)21)19-9-7-17(22-19)11-14(2)13-20/h6-9,11-12H,3-5,10H2,1-2H3/b14-11-. The van der Waals surface area contributed by atoms with Crippen LogP contribution in [0.25, 0.3) is 16.5 Å². The Hall–Kier alpha value is -2.05. The van der Waals surface area contributed by atoms with Gasteiger partial charge in [-0.3, -0.25) is 0 Å². The van der Waals surface area contributed by atoms with Gasteiger partial charge in [-0.15, -0.1) is 11.3 Å². The second kappa shape index (κ2) is 6.37. The van der Waals surface area contributed by atoms with E-state index in [2.05, 4.69) is 48.2 Å². The third kappa shape index (κ3) is 2.93. The van der Waals surface area contributed by atoms with E-state index in [9.17, 15) is 0 Å². The van der Waals surface area contributed by atoms with Crippen LogP contribution >= 0.6 is 11.3 Å². The summed E-state index contributed by atoms with van der Waals surface area (Å²) < 4.78 is 0. The lowest BCUT2D eigenvalue weighted by molar-refractivity contribution is 0.708. The van der Waals surface area contributed by atoms with Crippen LogP contribution in [0, 0.1) is 11.3 Å². The smallest absolute Gasteiger partial charge is 0.0944 e. The molecule has 3 rings (SSSR count). The number of thiophene rings is 1. The summed E-state index contributed by atoms with van der Waals surface area (Å²) in [4.78, 5) is 4.87. The zero-order valence-corrected chi connectivity index (χ0v) is 13.9. The maximum atomic E-state index is 8.88. The van der Waals surface area contributed by atoms with E-state index in [-0.39, 0.29) is 0 Å². The van der Waals surface area contributed by atoms with E-state index in [0.29, 0.717) is 0 Å². The minimum Gasteiger partial charge on any atom is -0.372 e. The lowest BCUT2D eigenvalue weighted by atomic mass is 9.99. The Labute approximate surface area is 136 Å². The predicted molar refractivity (Wildman–Crippen MR) is 95.2 cm³/mol. The Kier molecular flexibility index (Phi) is 4.31. The monoisotopic (exact) mass is 308 g/mol. The molecule has 1 aliphatic rings. The summed E-state index contributed by atoms with van der Waals surface area (Å²) in [6, 6.07) is 13.3. The van der Waals surface area contributed by atoms with Gasteiger partial charge < -0.3 is 4.90 Å². The van der Waals surface area contributed by atoms with E-state index in [1.165, 1.54) is 41.1 Å². The van der Waals surface area contributed by atoms with Crippen molar-refractivity contribution in [2.45, 2.75) is 26.7 Å². The number of nitriles is 1. The molecule has 0 bridgehead atoms. The molecule has 2 heterocycles. The minimum atomic E-state index is 0.748. The number of hydrogen-bond donors (Lipinski definition) is 0. The highest BCUT2D eigenvalue weighted by atomic mass is 32.1. The summed E-state index contributed by atoms with van der Waals surface area (Å²) in [6.45, 7) is 6.31. The van der Waals surface area contributed by atoms with Crippen LogP contribution in [0.1, 0.15) is 30.7 Å². The molecule has 0 atom stereocenters. The summed E-state index contributed by atoms with van der Waals surface area (Å²) in [7, 11) is 0. The third-order valence-electron chi connectivity index (χ3n) is 4.12. The molecule has 1 aromatic carbocycles. The highest BCUT2D eigenvalue weighted by Gasteiger charge is 2.16. The molecule has 0 aliphatic carbocycles. The molecule has 1 aromatic heterocycles. The molecular weight excluding hydrogens is 288 g/mol. The maximum absolute atomic E-state index is 8.88. The van der Waals surface area contributed by atoms with Crippen molar-refractivity contribution in [3.05, 3.63) is 46.3 Å². The fraction of sp³-hybridized carbons (Fsp3) is 0.316. The van der Waals surface area contributed by atoms with Gasteiger partial charge in [0.25, 0.3) is 0 Å². The van der Waals surface area contributed by atoms with Gasteiger partial charge in [0, 0.05) is 34.1 Å². The first-order valence-corrected chi connectivity index (χ1v) is 8.59. The summed E-state index contributed by atoms with van der Waals surface area (Å²) in [5.41, 5.74) is 4.90. The van der Waals surface area contributed by atoms with Gasteiger partial charge >= 0.3 is 0 Å². The van der Waals surface area contributed by atoms with Crippen LogP contribution in [0.4, 0.5) is 5.69 Å². The molecular formula is C19H20N2S. The van der Waals surface area contributed by atoms with Gasteiger partial charge in [0.15, 0.2) is 0 Å². The van der Waals surface area contributed by atoms with Crippen molar-refractivity contribution >= 4 is 23.1 Å². The Balaban J connectivity index is 1.92. The number of fused-ring (bicyclic) bond motifs is 1. The first-order chi connectivity index (χ1) is 10.7. The van der Waals surface area contributed by atoms with Crippen LogP contribution in [0.5, 0.6) is 0 Å². The summed E-state index contributed by atoms with van der Waals surface area (Å²) in [5.74, 6) is 0. The van der Waals surface area contributed by atoms with Crippen molar-refractivity contribution < 1.29 is 0 Å². The first kappa shape index (κ1) is 14.9. The lowest BCUT2D eigenvalue weighted by Crippen LogP contribution is -2.28. The van der Waals surface area contributed by atoms with E-state index in [1.807, 2.05) is 13.0 Å². The normalized spacial score (nSPS) is 14.6. The van der Waals surface area contributed by atoms with Gasteiger partial charge in [-0.05, 0) is 68.2 Å². The van der Waals surface area contributed by atoms with Crippen LogP contribution in [0.15, 0.2) is 35.9 Å². The molecule has 1 aliphatic heterocycles. The van der Waals surface area contributed by atoms with Gasteiger partial charge in [-0.1, -0.05) is 6.07 Å². The van der Waals surface area contributed by atoms with E-state index in [0.717, 1.165) is 17.0 Å². The molecule has 112 valence electrons. The van der Waals surface area contributed by atoms with E-state index in [1.54, 1.807) is 11.3 Å². The number of nitrogens with zero attached hydrogens (tertiary/aromatic N) is 2. The largest absolute Gasteiger partial charge is 0.372 e. The van der Waals surface area contributed by atoms with Crippen molar-refractivity contribution in [2.75, 3.05) is 18.0 Å². The van der Waals surface area contributed by atoms with Crippen LogP contribution < -0.4 is 4.90 Å². The average Bonchev–Trinajstić information content (AvgIpc) is 3.02. The number of allylic oxidation sites excluding steroid dienone is 1. The fourth-order valence-corrected chi connectivity index (χ4v) is 3.99. The molecule has 0 amide bonds. The maximum Gasteiger partial charge on any atom is 0.0944 e. The number of hydrogen-bond acceptors (Lipinski definition) is 3. The number of aryl methyl sites for hydroxylation is 1. The molecule has 0 saturated carbocycles. The average molecular weight is 308 g/mol. The summed E-state index contributed by atoms with van der Waals surface area (Å²) in [5, 5.41) is 8.88. The van der Waals surface area contributed by atoms with E-state index < -0.39 is 0 Å². The molecule has 2 aromatic rings. The van der Waals surface area contributed by atoms with Gasteiger partial charge in [-0.2, -0.15) is 5.26 Å². The summed E-state index contributed by atoms with van der Waals surface area (Å²) in [6.07, 6.45) is 4.36. The molecule has 2 nitrogen and oxygen atoms in total. The van der Waals surface area contributed by atoms with E-state index >= 15 is 0 Å². The van der Waals surface area contributed by atoms with Crippen LogP contribution in [-0.2, 0) is 6.42 Å². The molecule has 22 heavy (non-hydrogen) atoms. The molecule has 3 heteroatoms. The predicted octanol–water partition coefficient (Wildman–Crippen LogP) is 5.11. The molecule has 0 fully saturated rings. The van der Waals surface area contributed by atoms with Crippen LogP contribution in [0.2, 0.25) is 0 Å². The minimum absolute atomic E-state index is 0.748. The molecule has 0 saturated heterocycles. The highest BCUT2D eigenvalue weighted by molar-refractivity contribution is 7.16. The summed E-state index contributed by atoms with van der Waals surface area (Å²) >= 11 is 1.75. The first-order valence-electron chi connectivity index (χ1n) is 7.77. The van der Waals surface area contributed by atoms with Crippen molar-refractivity contribution in [1.29, 1.82) is 5.26 Å². The lowest BCUT2D eigenvalue weighted by Gasteiger charge is -2.30. The molecule has 0 unspecified atom stereocenters. The number of rotatable bonds is 3.